The number of nitrogens with zero attached hydrogens (tertiary/aromatic N) is 3. The molecule has 6 heteroatoms. The molecule has 26 heavy (non-hydrogen) atoms. The Balaban J connectivity index is 1.65. The van der Waals surface area contributed by atoms with Crippen molar-refractivity contribution >= 4 is 17.2 Å². The molecule has 2 heterocycles. The van der Waals surface area contributed by atoms with Gasteiger partial charge >= 0.3 is 0 Å². The number of alkyl halides is 1. The highest BCUT2D eigenvalue weighted by Gasteiger charge is 2.25. The van der Waals surface area contributed by atoms with E-state index in [-0.39, 0.29) is 0 Å². The normalized spacial score (nSPS) is 20.5. The molecule has 5 nitrogen and oxygen atoms in total. The Morgan fingerprint density at radius 2 is 2.12 bits per heavy atom. The molecular weight excluding hydrogens is 331 g/mol. The Bertz CT molecular complexity index is 834. The lowest BCUT2D eigenvalue weighted by Crippen LogP contribution is -2.21. The maximum atomic E-state index is 13.5. The summed E-state index contributed by atoms with van der Waals surface area (Å²) in [5.41, 5.74) is 9.40. The molecule has 1 aliphatic carbocycles. The number of rotatable bonds is 5. The van der Waals surface area contributed by atoms with Crippen molar-refractivity contribution in [2.75, 3.05) is 30.8 Å². The van der Waals surface area contributed by atoms with Gasteiger partial charge in [-0.1, -0.05) is 0 Å². The SMILES string of the molecule is C/N=C(/c1ccnc(N2CC[C@@H](F)C2)c1)c1cc(OC2CC2)ccc1N. The van der Waals surface area contributed by atoms with E-state index in [0.29, 0.717) is 31.3 Å². The number of aromatic nitrogens is 1. The molecule has 136 valence electrons. The van der Waals surface area contributed by atoms with Crippen LogP contribution in [0.3, 0.4) is 0 Å². The minimum atomic E-state index is -0.785. The number of anilines is 2. The van der Waals surface area contributed by atoms with Gasteiger partial charge in [-0.25, -0.2) is 9.37 Å². The average Bonchev–Trinajstić information content (AvgIpc) is 3.36. The maximum absolute atomic E-state index is 13.5. The third kappa shape index (κ3) is 3.49. The first kappa shape index (κ1) is 16.8. The van der Waals surface area contributed by atoms with E-state index < -0.39 is 6.17 Å². The maximum Gasteiger partial charge on any atom is 0.129 e. The van der Waals surface area contributed by atoms with E-state index in [1.807, 2.05) is 35.2 Å². The van der Waals surface area contributed by atoms with Crippen molar-refractivity contribution in [2.24, 2.45) is 4.99 Å². The van der Waals surface area contributed by atoms with Crippen LogP contribution in [-0.4, -0.2) is 43.1 Å². The molecule has 1 aliphatic heterocycles. The van der Waals surface area contributed by atoms with Gasteiger partial charge in [0.1, 0.15) is 17.7 Å². The van der Waals surface area contributed by atoms with Gasteiger partial charge in [0.25, 0.3) is 0 Å². The van der Waals surface area contributed by atoms with Gasteiger partial charge < -0.3 is 15.4 Å². The number of nitrogens with two attached hydrogens (primary N) is 1. The van der Waals surface area contributed by atoms with Crippen molar-refractivity contribution in [3.8, 4) is 5.75 Å². The van der Waals surface area contributed by atoms with Crippen LogP contribution in [0.5, 0.6) is 5.75 Å². The number of aliphatic imine (C=N–C) groups is 1. The summed E-state index contributed by atoms with van der Waals surface area (Å²) in [6.07, 6.45) is 4.04. The summed E-state index contributed by atoms with van der Waals surface area (Å²) in [4.78, 5) is 10.8. The summed E-state index contributed by atoms with van der Waals surface area (Å²) < 4.78 is 19.4. The first-order valence-electron chi connectivity index (χ1n) is 9.03. The molecule has 1 aromatic heterocycles. The molecule has 0 bridgehead atoms. The highest BCUT2D eigenvalue weighted by Crippen LogP contribution is 2.30. The van der Waals surface area contributed by atoms with Gasteiger partial charge in [-0.15, -0.1) is 0 Å². The van der Waals surface area contributed by atoms with Gasteiger partial charge in [0.2, 0.25) is 0 Å². The standard InChI is InChI=1S/C20H23FN4O/c1-23-20(17-11-16(4-5-18(17)22)26-15-2-3-15)13-6-8-24-19(10-13)25-9-7-14(21)12-25/h4-6,8,10-11,14-15H,2-3,7,9,12,22H2,1H3/b23-20-/t14-/m1/s1. The number of benzene rings is 1. The molecule has 0 unspecified atom stereocenters. The zero-order valence-electron chi connectivity index (χ0n) is 14.9. The summed E-state index contributed by atoms with van der Waals surface area (Å²) in [5, 5.41) is 0. The molecule has 2 fully saturated rings. The van der Waals surface area contributed by atoms with Gasteiger partial charge in [-0.2, -0.15) is 0 Å². The smallest absolute Gasteiger partial charge is 0.129 e. The van der Waals surface area contributed by atoms with Gasteiger partial charge in [0, 0.05) is 36.6 Å². The molecule has 2 aromatic rings. The Hall–Kier alpha value is -2.63. The number of halogens is 1. The fraction of sp³-hybridized carbons (Fsp3) is 0.400. The predicted molar refractivity (Wildman–Crippen MR) is 102 cm³/mol. The molecule has 2 N–H and O–H groups in total. The van der Waals surface area contributed by atoms with Gasteiger partial charge in [-0.05, 0) is 49.6 Å². The third-order valence-corrected chi connectivity index (χ3v) is 4.80. The van der Waals surface area contributed by atoms with Crippen LogP contribution in [0, 0.1) is 0 Å². The monoisotopic (exact) mass is 354 g/mol. The van der Waals surface area contributed by atoms with Crippen LogP contribution in [-0.2, 0) is 0 Å². The number of hydrogen-bond acceptors (Lipinski definition) is 5. The van der Waals surface area contributed by atoms with Crippen LogP contribution in [0.15, 0.2) is 41.5 Å². The van der Waals surface area contributed by atoms with Crippen molar-refractivity contribution in [2.45, 2.75) is 31.5 Å². The number of nitrogen functional groups attached to an aromatic ring is 1. The van der Waals surface area contributed by atoms with Crippen LogP contribution < -0.4 is 15.4 Å². The van der Waals surface area contributed by atoms with E-state index in [0.717, 1.165) is 41.2 Å². The van der Waals surface area contributed by atoms with Crippen molar-refractivity contribution < 1.29 is 9.13 Å². The Morgan fingerprint density at radius 3 is 2.81 bits per heavy atom. The summed E-state index contributed by atoms with van der Waals surface area (Å²) in [7, 11) is 1.75. The minimum Gasteiger partial charge on any atom is -0.490 e. The number of hydrogen-bond donors (Lipinski definition) is 1. The summed E-state index contributed by atoms with van der Waals surface area (Å²) in [6, 6.07) is 9.56. The average molecular weight is 354 g/mol. The van der Waals surface area contributed by atoms with E-state index in [1.54, 1.807) is 13.2 Å². The fourth-order valence-corrected chi connectivity index (χ4v) is 3.26. The van der Waals surface area contributed by atoms with Crippen LogP contribution in [0.1, 0.15) is 30.4 Å². The topological polar surface area (TPSA) is 63.7 Å². The molecule has 0 spiro atoms. The second-order valence-electron chi connectivity index (χ2n) is 6.87. The zero-order chi connectivity index (χ0) is 18.1. The molecular formula is C20H23FN4O. The molecule has 1 atom stereocenters. The summed E-state index contributed by atoms with van der Waals surface area (Å²) >= 11 is 0. The second-order valence-corrected chi connectivity index (χ2v) is 6.87. The molecule has 0 amide bonds. The predicted octanol–water partition coefficient (Wildman–Crippen LogP) is 3.22. The zero-order valence-corrected chi connectivity index (χ0v) is 14.9. The summed E-state index contributed by atoms with van der Waals surface area (Å²) in [5.74, 6) is 1.58. The third-order valence-electron chi connectivity index (χ3n) is 4.80. The van der Waals surface area contributed by atoms with E-state index in [1.165, 1.54) is 0 Å². The molecule has 0 radical (unpaired) electrons. The lowest BCUT2D eigenvalue weighted by atomic mass is 10.0. The van der Waals surface area contributed by atoms with Crippen molar-refractivity contribution in [1.82, 2.24) is 4.98 Å². The minimum absolute atomic E-state index is 0.324. The van der Waals surface area contributed by atoms with Crippen molar-refractivity contribution in [3.05, 3.63) is 47.7 Å². The highest BCUT2D eigenvalue weighted by atomic mass is 19.1. The lowest BCUT2D eigenvalue weighted by molar-refractivity contribution is 0.303. The lowest BCUT2D eigenvalue weighted by Gasteiger charge is -2.18. The first-order valence-corrected chi connectivity index (χ1v) is 9.03. The number of pyridine rings is 1. The molecule has 2 aliphatic rings. The fourth-order valence-electron chi connectivity index (χ4n) is 3.26. The summed E-state index contributed by atoms with van der Waals surface area (Å²) in [6.45, 7) is 1.07. The van der Waals surface area contributed by atoms with E-state index >= 15 is 0 Å². The quantitative estimate of drug-likeness (QED) is 0.661. The van der Waals surface area contributed by atoms with Crippen LogP contribution >= 0.6 is 0 Å². The molecule has 4 rings (SSSR count). The van der Waals surface area contributed by atoms with Gasteiger partial charge in [0.15, 0.2) is 0 Å². The number of ether oxygens (including phenoxy) is 1. The van der Waals surface area contributed by atoms with E-state index in [2.05, 4.69) is 9.98 Å². The van der Waals surface area contributed by atoms with Crippen molar-refractivity contribution in [1.29, 1.82) is 0 Å². The Kier molecular flexibility index (Phi) is 4.49. The highest BCUT2D eigenvalue weighted by molar-refractivity contribution is 6.16. The van der Waals surface area contributed by atoms with E-state index in [9.17, 15) is 4.39 Å². The van der Waals surface area contributed by atoms with Crippen LogP contribution in [0.2, 0.25) is 0 Å². The van der Waals surface area contributed by atoms with Gasteiger partial charge in [-0.3, -0.25) is 4.99 Å². The van der Waals surface area contributed by atoms with Gasteiger partial charge in [0.05, 0.1) is 18.4 Å². The Morgan fingerprint density at radius 1 is 1.27 bits per heavy atom. The molecule has 1 aromatic carbocycles. The second kappa shape index (κ2) is 6.94. The Labute approximate surface area is 152 Å². The largest absolute Gasteiger partial charge is 0.490 e. The van der Waals surface area contributed by atoms with Crippen LogP contribution in [0.4, 0.5) is 15.9 Å². The molecule has 1 saturated heterocycles. The first-order chi connectivity index (χ1) is 12.6. The van der Waals surface area contributed by atoms with Crippen LogP contribution in [0.25, 0.3) is 0 Å². The van der Waals surface area contributed by atoms with Crippen molar-refractivity contribution in [3.63, 3.8) is 0 Å². The molecule has 1 saturated carbocycles. The van der Waals surface area contributed by atoms with E-state index in [4.69, 9.17) is 10.5 Å².